The number of anilines is 1. The third-order valence-electron chi connectivity index (χ3n) is 3.94. The molecule has 2 rings (SSSR count). The number of piperidine rings is 1. The van der Waals surface area contributed by atoms with E-state index < -0.39 is 0 Å². The maximum atomic E-state index is 10.8. The van der Waals surface area contributed by atoms with Crippen molar-refractivity contribution >= 4 is 11.4 Å². The summed E-state index contributed by atoms with van der Waals surface area (Å²) in [6, 6.07) is 6.05. The van der Waals surface area contributed by atoms with Gasteiger partial charge < -0.3 is 9.80 Å². The molecule has 0 N–H and O–H groups in total. The number of benzene rings is 1. The minimum atomic E-state index is -0.322. The lowest BCUT2D eigenvalue weighted by Crippen LogP contribution is -2.42. The predicted octanol–water partition coefficient (Wildman–Crippen LogP) is 2.43. The highest BCUT2D eigenvalue weighted by molar-refractivity contribution is 5.55. The van der Waals surface area contributed by atoms with Gasteiger partial charge in [-0.2, -0.15) is 0 Å². The van der Waals surface area contributed by atoms with Crippen molar-refractivity contribution in [2.24, 2.45) is 0 Å². The van der Waals surface area contributed by atoms with Crippen LogP contribution >= 0.6 is 0 Å². The van der Waals surface area contributed by atoms with Crippen molar-refractivity contribution in [3.05, 3.63) is 33.9 Å². The highest BCUT2D eigenvalue weighted by Crippen LogP contribution is 2.27. The fraction of sp³-hybridized carbons (Fsp3) is 0.571. The van der Waals surface area contributed by atoms with Gasteiger partial charge in [-0.15, -0.1) is 0 Å². The van der Waals surface area contributed by atoms with Crippen molar-refractivity contribution in [1.82, 2.24) is 4.90 Å². The molecule has 104 valence electrons. The third kappa shape index (κ3) is 3.04. The van der Waals surface area contributed by atoms with E-state index in [0.717, 1.165) is 37.2 Å². The van der Waals surface area contributed by atoms with Gasteiger partial charge in [-0.05, 0) is 46.0 Å². The maximum absolute atomic E-state index is 10.8. The van der Waals surface area contributed by atoms with Crippen LogP contribution in [0.15, 0.2) is 18.2 Å². The Labute approximate surface area is 114 Å². The number of rotatable bonds is 3. The molecular weight excluding hydrogens is 242 g/mol. The smallest absolute Gasteiger partial charge is 0.272 e. The lowest BCUT2D eigenvalue weighted by atomic mass is 10.0. The molecule has 1 fully saturated rings. The molecule has 0 atom stereocenters. The fourth-order valence-corrected chi connectivity index (χ4v) is 2.68. The molecule has 1 aromatic carbocycles. The Morgan fingerprint density at radius 2 is 1.95 bits per heavy atom. The second-order valence-corrected chi connectivity index (χ2v) is 5.41. The van der Waals surface area contributed by atoms with Crippen molar-refractivity contribution in [2.75, 3.05) is 32.1 Å². The van der Waals surface area contributed by atoms with Crippen molar-refractivity contribution < 1.29 is 4.92 Å². The molecule has 0 unspecified atom stereocenters. The molecule has 0 aliphatic carbocycles. The summed E-state index contributed by atoms with van der Waals surface area (Å²) in [6.45, 7) is 3.83. The van der Waals surface area contributed by atoms with Crippen LogP contribution in [0.2, 0.25) is 0 Å². The molecule has 5 nitrogen and oxygen atoms in total. The number of aryl methyl sites for hydroxylation is 1. The lowest BCUT2D eigenvalue weighted by molar-refractivity contribution is -0.385. The van der Waals surface area contributed by atoms with Crippen molar-refractivity contribution in [2.45, 2.75) is 25.8 Å². The zero-order valence-corrected chi connectivity index (χ0v) is 11.8. The van der Waals surface area contributed by atoms with E-state index in [0.29, 0.717) is 6.04 Å². The van der Waals surface area contributed by atoms with E-state index in [1.165, 1.54) is 0 Å². The Bertz CT molecular complexity index is 466. The van der Waals surface area contributed by atoms with Crippen LogP contribution in [-0.2, 0) is 0 Å². The van der Waals surface area contributed by atoms with E-state index >= 15 is 0 Å². The highest BCUT2D eigenvalue weighted by atomic mass is 16.6. The second kappa shape index (κ2) is 5.57. The average Bonchev–Trinajstić information content (AvgIpc) is 2.38. The number of nitro groups is 1. The Kier molecular flexibility index (Phi) is 4.04. The largest absolute Gasteiger partial charge is 0.371 e. The van der Waals surface area contributed by atoms with Crippen LogP contribution in [0.1, 0.15) is 18.4 Å². The van der Waals surface area contributed by atoms with Crippen LogP contribution in [-0.4, -0.2) is 43.0 Å². The molecule has 1 heterocycles. The molecule has 1 aromatic rings. The lowest BCUT2D eigenvalue weighted by Gasteiger charge is -2.36. The molecule has 0 spiro atoms. The third-order valence-corrected chi connectivity index (χ3v) is 3.94. The predicted molar refractivity (Wildman–Crippen MR) is 76.8 cm³/mol. The van der Waals surface area contributed by atoms with Crippen molar-refractivity contribution in [1.29, 1.82) is 0 Å². The Morgan fingerprint density at radius 3 is 2.42 bits per heavy atom. The molecule has 0 radical (unpaired) electrons. The van der Waals surface area contributed by atoms with E-state index in [1.807, 2.05) is 12.1 Å². The molecule has 0 amide bonds. The summed E-state index contributed by atoms with van der Waals surface area (Å²) in [7, 11) is 4.24. The Hall–Kier alpha value is -1.62. The van der Waals surface area contributed by atoms with E-state index in [4.69, 9.17) is 0 Å². The summed E-state index contributed by atoms with van der Waals surface area (Å²) >= 11 is 0. The van der Waals surface area contributed by atoms with Gasteiger partial charge in [0, 0.05) is 36.4 Å². The van der Waals surface area contributed by atoms with Crippen LogP contribution in [0.3, 0.4) is 0 Å². The van der Waals surface area contributed by atoms with Gasteiger partial charge in [0.05, 0.1) is 4.92 Å². The summed E-state index contributed by atoms with van der Waals surface area (Å²) in [5.74, 6) is 0. The van der Waals surface area contributed by atoms with Gasteiger partial charge in [-0.3, -0.25) is 10.1 Å². The minimum Gasteiger partial charge on any atom is -0.371 e. The van der Waals surface area contributed by atoms with Gasteiger partial charge in [-0.25, -0.2) is 0 Å². The van der Waals surface area contributed by atoms with Crippen LogP contribution in [0, 0.1) is 17.0 Å². The first-order valence-corrected chi connectivity index (χ1v) is 6.65. The molecule has 19 heavy (non-hydrogen) atoms. The zero-order chi connectivity index (χ0) is 14.0. The van der Waals surface area contributed by atoms with E-state index in [1.54, 1.807) is 13.0 Å². The molecule has 5 heteroatoms. The van der Waals surface area contributed by atoms with Crippen LogP contribution in [0.5, 0.6) is 0 Å². The SMILES string of the molecule is Cc1cc(N2CCC(N(C)C)CC2)ccc1[N+](=O)[O-]. The quantitative estimate of drug-likeness (QED) is 0.621. The monoisotopic (exact) mass is 263 g/mol. The Morgan fingerprint density at radius 1 is 1.32 bits per heavy atom. The van der Waals surface area contributed by atoms with Crippen LogP contribution in [0.4, 0.5) is 11.4 Å². The van der Waals surface area contributed by atoms with Gasteiger partial charge in [0.2, 0.25) is 0 Å². The average molecular weight is 263 g/mol. The second-order valence-electron chi connectivity index (χ2n) is 5.41. The standard InChI is InChI=1S/C14H21N3O2/c1-11-10-13(4-5-14(11)17(18)19)16-8-6-12(7-9-16)15(2)3/h4-5,10,12H,6-9H2,1-3H3. The normalized spacial score (nSPS) is 16.9. The van der Waals surface area contributed by atoms with E-state index in [-0.39, 0.29) is 10.6 Å². The fourth-order valence-electron chi connectivity index (χ4n) is 2.68. The van der Waals surface area contributed by atoms with E-state index in [2.05, 4.69) is 23.9 Å². The Balaban J connectivity index is 2.08. The molecule has 0 bridgehead atoms. The molecule has 1 saturated heterocycles. The van der Waals surface area contributed by atoms with Crippen LogP contribution < -0.4 is 4.90 Å². The molecule has 1 aliphatic rings. The van der Waals surface area contributed by atoms with Crippen molar-refractivity contribution in [3.63, 3.8) is 0 Å². The highest BCUT2D eigenvalue weighted by Gasteiger charge is 2.21. The van der Waals surface area contributed by atoms with Gasteiger partial charge in [0.25, 0.3) is 5.69 Å². The van der Waals surface area contributed by atoms with E-state index in [9.17, 15) is 10.1 Å². The molecule has 0 aromatic heterocycles. The first-order valence-electron chi connectivity index (χ1n) is 6.65. The number of nitrogens with zero attached hydrogens (tertiary/aromatic N) is 3. The van der Waals surface area contributed by atoms with Crippen LogP contribution in [0.25, 0.3) is 0 Å². The molecule has 0 saturated carbocycles. The van der Waals surface area contributed by atoms with Gasteiger partial charge in [0.1, 0.15) is 0 Å². The summed E-state index contributed by atoms with van der Waals surface area (Å²) in [5.41, 5.74) is 2.03. The van der Waals surface area contributed by atoms with Gasteiger partial charge in [-0.1, -0.05) is 0 Å². The zero-order valence-electron chi connectivity index (χ0n) is 11.8. The summed E-state index contributed by atoms with van der Waals surface area (Å²) in [6.07, 6.45) is 2.28. The number of nitro benzene ring substituents is 1. The summed E-state index contributed by atoms with van der Waals surface area (Å²) < 4.78 is 0. The summed E-state index contributed by atoms with van der Waals surface area (Å²) in [4.78, 5) is 15.1. The maximum Gasteiger partial charge on any atom is 0.272 e. The first kappa shape index (κ1) is 13.8. The van der Waals surface area contributed by atoms with Crippen molar-refractivity contribution in [3.8, 4) is 0 Å². The van der Waals surface area contributed by atoms with Gasteiger partial charge >= 0.3 is 0 Å². The number of hydrogen-bond donors (Lipinski definition) is 0. The summed E-state index contributed by atoms with van der Waals surface area (Å²) in [5, 5.41) is 10.8. The van der Waals surface area contributed by atoms with Gasteiger partial charge in [0.15, 0.2) is 0 Å². The molecule has 1 aliphatic heterocycles. The topological polar surface area (TPSA) is 49.6 Å². The first-order chi connectivity index (χ1) is 8.99. The number of hydrogen-bond acceptors (Lipinski definition) is 4. The molecular formula is C14H21N3O2. The minimum absolute atomic E-state index is 0.201.